The van der Waals surface area contributed by atoms with Crippen LogP contribution in [0.25, 0.3) is 16.2 Å². The second-order valence-electron chi connectivity index (χ2n) is 5.80. The maximum atomic E-state index is 12.1. The van der Waals surface area contributed by atoms with Gasteiger partial charge in [0.15, 0.2) is 6.61 Å². The topological polar surface area (TPSA) is 81.7 Å². The molecule has 0 aliphatic heterocycles. The Hall–Kier alpha value is -3.16. The van der Waals surface area contributed by atoms with Crippen LogP contribution in [0.15, 0.2) is 54.6 Å². The first-order chi connectivity index (χ1) is 14.0. The lowest BCUT2D eigenvalue weighted by Crippen LogP contribution is -2.34. The van der Waals surface area contributed by atoms with Gasteiger partial charge in [-0.3, -0.25) is 14.9 Å². The monoisotopic (exact) mass is 429 g/mol. The highest BCUT2D eigenvalue weighted by molar-refractivity contribution is 7.20. The summed E-state index contributed by atoms with van der Waals surface area (Å²) in [7, 11) is 1.42. The standard InChI is InChI=1S/C21H16ClNO5S/c1-27-15-8-4-2-6-13(15)21(26)23-18(24)12-28-19(25)11-10-17-20(22)14-7-3-5-9-16(14)29-17/h2-11H,12H2,1H3,(H,23,24,26)/b11-10+. The van der Waals surface area contributed by atoms with E-state index in [2.05, 4.69) is 5.32 Å². The molecule has 3 rings (SSSR count). The van der Waals surface area contributed by atoms with Gasteiger partial charge in [0.05, 0.1) is 17.7 Å². The van der Waals surface area contributed by atoms with Crippen LogP contribution in [0.4, 0.5) is 0 Å². The summed E-state index contributed by atoms with van der Waals surface area (Å²) in [4.78, 5) is 36.6. The number of para-hydroxylation sites is 1. The van der Waals surface area contributed by atoms with E-state index in [-0.39, 0.29) is 5.56 Å². The fourth-order valence-corrected chi connectivity index (χ4v) is 3.93. The average Bonchev–Trinajstić information content (AvgIpc) is 3.06. The molecule has 0 unspecified atom stereocenters. The van der Waals surface area contributed by atoms with Gasteiger partial charge in [0.1, 0.15) is 5.75 Å². The lowest BCUT2D eigenvalue weighted by atomic mass is 10.2. The summed E-state index contributed by atoms with van der Waals surface area (Å²) in [6, 6.07) is 14.1. The summed E-state index contributed by atoms with van der Waals surface area (Å²) in [5, 5.41) is 3.60. The molecule has 2 amide bonds. The molecule has 0 saturated heterocycles. The van der Waals surface area contributed by atoms with E-state index < -0.39 is 24.4 Å². The number of nitrogens with one attached hydrogen (secondary N) is 1. The zero-order valence-corrected chi connectivity index (χ0v) is 16.9. The van der Waals surface area contributed by atoms with Crippen LogP contribution in [0.3, 0.4) is 0 Å². The van der Waals surface area contributed by atoms with Crippen molar-refractivity contribution < 1.29 is 23.9 Å². The Kier molecular flexibility index (Phi) is 6.64. The molecular formula is C21H16ClNO5S. The Morgan fingerprint density at radius 3 is 2.59 bits per heavy atom. The fraction of sp³-hybridized carbons (Fsp3) is 0.0952. The summed E-state index contributed by atoms with van der Waals surface area (Å²) in [6.07, 6.45) is 2.72. The van der Waals surface area contributed by atoms with Gasteiger partial charge in [0.25, 0.3) is 11.8 Å². The molecule has 0 fully saturated rings. The van der Waals surface area contributed by atoms with Crippen molar-refractivity contribution in [3.05, 3.63) is 70.1 Å². The minimum atomic E-state index is -0.748. The molecule has 0 spiro atoms. The molecular weight excluding hydrogens is 414 g/mol. The van der Waals surface area contributed by atoms with Crippen LogP contribution in [0, 0.1) is 0 Å². The third kappa shape index (κ3) is 5.01. The van der Waals surface area contributed by atoms with E-state index in [1.54, 1.807) is 18.2 Å². The summed E-state index contributed by atoms with van der Waals surface area (Å²) in [5.74, 6) is -1.78. The van der Waals surface area contributed by atoms with Crippen molar-refractivity contribution in [3.8, 4) is 5.75 Å². The molecule has 2 aromatic carbocycles. The molecule has 0 aliphatic rings. The maximum Gasteiger partial charge on any atom is 0.331 e. The van der Waals surface area contributed by atoms with Crippen LogP contribution in [-0.4, -0.2) is 31.5 Å². The van der Waals surface area contributed by atoms with E-state index in [4.69, 9.17) is 21.1 Å². The van der Waals surface area contributed by atoms with Crippen LogP contribution in [-0.2, 0) is 14.3 Å². The summed E-state index contributed by atoms with van der Waals surface area (Å²) in [6.45, 7) is -0.593. The Morgan fingerprint density at radius 2 is 1.83 bits per heavy atom. The number of fused-ring (bicyclic) bond motifs is 1. The number of hydrogen-bond donors (Lipinski definition) is 1. The zero-order chi connectivity index (χ0) is 20.8. The number of hydrogen-bond acceptors (Lipinski definition) is 6. The van der Waals surface area contributed by atoms with Crippen LogP contribution in [0.1, 0.15) is 15.2 Å². The van der Waals surface area contributed by atoms with Gasteiger partial charge in [-0.1, -0.05) is 41.9 Å². The highest BCUT2D eigenvalue weighted by Gasteiger charge is 2.15. The van der Waals surface area contributed by atoms with Gasteiger partial charge in [-0.05, 0) is 24.3 Å². The SMILES string of the molecule is COc1ccccc1C(=O)NC(=O)COC(=O)/C=C/c1sc2ccccc2c1Cl. The average molecular weight is 430 g/mol. The second kappa shape index (κ2) is 9.36. The van der Waals surface area contributed by atoms with Crippen LogP contribution >= 0.6 is 22.9 Å². The third-order valence-electron chi connectivity index (χ3n) is 3.88. The molecule has 8 heteroatoms. The summed E-state index contributed by atoms with van der Waals surface area (Å²) in [5.41, 5.74) is 0.203. The van der Waals surface area contributed by atoms with Crippen LogP contribution in [0.5, 0.6) is 5.75 Å². The van der Waals surface area contributed by atoms with Gasteiger partial charge >= 0.3 is 5.97 Å². The number of esters is 1. The minimum Gasteiger partial charge on any atom is -0.496 e. The molecule has 0 saturated carbocycles. The lowest BCUT2D eigenvalue weighted by Gasteiger charge is -2.08. The van der Waals surface area contributed by atoms with Gasteiger partial charge in [0.2, 0.25) is 0 Å². The molecule has 1 heterocycles. The first kappa shape index (κ1) is 20.6. The van der Waals surface area contributed by atoms with Crippen molar-refractivity contribution in [1.82, 2.24) is 5.32 Å². The van der Waals surface area contributed by atoms with E-state index in [1.807, 2.05) is 24.3 Å². The highest BCUT2D eigenvalue weighted by Crippen LogP contribution is 2.35. The second-order valence-corrected chi connectivity index (χ2v) is 7.26. The first-order valence-electron chi connectivity index (χ1n) is 8.48. The first-order valence-corrected chi connectivity index (χ1v) is 9.68. The van der Waals surface area contributed by atoms with Crippen molar-refractivity contribution >= 4 is 56.9 Å². The van der Waals surface area contributed by atoms with Crippen molar-refractivity contribution in [1.29, 1.82) is 0 Å². The predicted molar refractivity (Wildman–Crippen MR) is 112 cm³/mol. The van der Waals surface area contributed by atoms with E-state index in [0.717, 1.165) is 10.1 Å². The Labute approximate surface area is 175 Å². The van der Waals surface area contributed by atoms with Gasteiger partial charge < -0.3 is 9.47 Å². The number of imide groups is 1. The molecule has 3 aromatic rings. The normalized spacial score (nSPS) is 10.8. The Balaban J connectivity index is 1.54. The Morgan fingerprint density at radius 1 is 1.10 bits per heavy atom. The number of halogens is 1. The number of carbonyl (C=O) groups is 3. The van der Waals surface area contributed by atoms with Gasteiger partial charge in [0, 0.05) is 21.0 Å². The van der Waals surface area contributed by atoms with E-state index in [9.17, 15) is 14.4 Å². The molecule has 0 bridgehead atoms. The van der Waals surface area contributed by atoms with Gasteiger partial charge in [-0.15, -0.1) is 11.3 Å². The number of methoxy groups -OCH3 is 1. The number of carbonyl (C=O) groups excluding carboxylic acids is 3. The van der Waals surface area contributed by atoms with E-state index >= 15 is 0 Å². The lowest BCUT2D eigenvalue weighted by molar-refractivity contribution is -0.143. The third-order valence-corrected chi connectivity index (χ3v) is 5.54. The fourth-order valence-electron chi connectivity index (χ4n) is 2.53. The number of benzene rings is 2. The van der Waals surface area contributed by atoms with Gasteiger partial charge in [-0.25, -0.2) is 4.79 Å². The molecule has 0 radical (unpaired) electrons. The highest BCUT2D eigenvalue weighted by atomic mass is 35.5. The maximum absolute atomic E-state index is 12.1. The van der Waals surface area contributed by atoms with Crippen LogP contribution in [0.2, 0.25) is 5.02 Å². The summed E-state index contributed by atoms with van der Waals surface area (Å²) >= 11 is 7.74. The van der Waals surface area contributed by atoms with Gasteiger partial charge in [-0.2, -0.15) is 0 Å². The van der Waals surface area contributed by atoms with Crippen LogP contribution < -0.4 is 10.1 Å². The number of ether oxygens (including phenoxy) is 2. The number of thiophene rings is 1. The van der Waals surface area contributed by atoms with E-state index in [0.29, 0.717) is 15.6 Å². The van der Waals surface area contributed by atoms with E-state index in [1.165, 1.54) is 36.7 Å². The molecule has 6 nitrogen and oxygen atoms in total. The van der Waals surface area contributed by atoms with Crippen molar-refractivity contribution in [2.45, 2.75) is 0 Å². The zero-order valence-electron chi connectivity index (χ0n) is 15.3. The van der Waals surface area contributed by atoms with Crippen molar-refractivity contribution in [3.63, 3.8) is 0 Å². The molecule has 1 aromatic heterocycles. The smallest absolute Gasteiger partial charge is 0.331 e. The molecule has 1 N–H and O–H groups in total. The molecule has 0 aliphatic carbocycles. The predicted octanol–water partition coefficient (Wildman–Crippen LogP) is 4.08. The van der Waals surface area contributed by atoms with Crippen molar-refractivity contribution in [2.75, 3.05) is 13.7 Å². The minimum absolute atomic E-state index is 0.203. The number of rotatable bonds is 6. The Bertz CT molecular complexity index is 1110. The molecule has 148 valence electrons. The quantitative estimate of drug-likeness (QED) is 0.471. The molecule has 29 heavy (non-hydrogen) atoms. The largest absolute Gasteiger partial charge is 0.496 e. The van der Waals surface area contributed by atoms with Crippen molar-refractivity contribution in [2.24, 2.45) is 0 Å². The summed E-state index contributed by atoms with van der Waals surface area (Å²) < 4.78 is 10.9. The molecule has 0 atom stereocenters. The number of amides is 2.